The fourth-order valence-electron chi connectivity index (χ4n) is 3.53. The third-order valence-electron chi connectivity index (χ3n) is 4.80. The first-order chi connectivity index (χ1) is 11.7. The fourth-order valence-corrected chi connectivity index (χ4v) is 3.53. The molecule has 0 saturated carbocycles. The zero-order chi connectivity index (χ0) is 16.9. The topological polar surface area (TPSA) is 32.3 Å². The number of nitrogens with one attached hydrogen (secondary N) is 1. The summed E-state index contributed by atoms with van der Waals surface area (Å²) in [5, 5.41) is 3.18. The molecule has 0 radical (unpaired) electrons. The second kappa shape index (κ2) is 7.52. The number of nitrogens with zero attached hydrogens (tertiary/aromatic N) is 1. The molecule has 0 unspecified atom stereocenters. The average Bonchev–Trinajstić information content (AvgIpc) is 2.62. The van der Waals surface area contributed by atoms with Crippen LogP contribution in [0.5, 0.6) is 0 Å². The van der Waals surface area contributed by atoms with E-state index >= 15 is 0 Å². The predicted octanol–water partition coefficient (Wildman–Crippen LogP) is 4.20. The van der Waals surface area contributed by atoms with Gasteiger partial charge in [-0.1, -0.05) is 50.2 Å². The van der Waals surface area contributed by atoms with E-state index in [4.69, 9.17) is 0 Å². The fraction of sp³-hybridized carbons (Fsp3) is 0.381. The summed E-state index contributed by atoms with van der Waals surface area (Å²) in [6, 6.07) is 14.7. The van der Waals surface area contributed by atoms with Crippen molar-refractivity contribution in [1.29, 1.82) is 0 Å². The molecule has 0 atom stereocenters. The largest absolute Gasteiger partial charge is 0.362 e. The Bertz CT molecular complexity index is 701. The van der Waals surface area contributed by atoms with Crippen LogP contribution < -0.4 is 10.2 Å². The number of fused-ring (bicyclic) bond motifs is 1. The molecule has 1 heterocycles. The van der Waals surface area contributed by atoms with E-state index in [-0.39, 0.29) is 5.91 Å². The molecule has 1 amide bonds. The standard InChI is InChI=1S/C21H26N2O/c1-3-16-10-7-11-17(4-2)21(16)22-20(24)15-23-14-8-12-18-9-5-6-13-19(18)23/h5-7,9-11,13H,3-4,8,12,14-15H2,1-2H3,(H,22,24). The zero-order valence-electron chi connectivity index (χ0n) is 14.6. The van der Waals surface area contributed by atoms with Crippen LogP contribution in [-0.2, 0) is 24.1 Å². The van der Waals surface area contributed by atoms with Crippen molar-refractivity contribution < 1.29 is 4.79 Å². The van der Waals surface area contributed by atoms with Crippen LogP contribution in [-0.4, -0.2) is 19.0 Å². The maximum atomic E-state index is 12.7. The highest BCUT2D eigenvalue weighted by Gasteiger charge is 2.19. The number of carbonyl (C=O) groups excluding carboxylic acids is 1. The van der Waals surface area contributed by atoms with Crippen LogP contribution >= 0.6 is 0 Å². The molecule has 3 rings (SSSR count). The van der Waals surface area contributed by atoms with Gasteiger partial charge in [-0.3, -0.25) is 4.79 Å². The molecule has 2 aromatic carbocycles. The second-order valence-electron chi connectivity index (χ2n) is 6.36. The van der Waals surface area contributed by atoms with Crippen LogP contribution in [0, 0.1) is 0 Å². The smallest absolute Gasteiger partial charge is 0.243 e. The Kier molecular flexibility index (Phi) is 5.19. The highest BCUT2D eigenvalue weighted by Crippen LogP contribution is 2.27. The monoisotopic (exact) mass is 322 g/mol. The Morgan fingerprint density at radius 3 is 2.46 bits per heavy atom. The third kappa shape index (κ3) is 3.45. The molecule has 0 aliphatic carbocycles. The Morgan fingerprint density at radius 2 is 1.75 bits per heavy atom. The molecule has 0 aromatic heterocycles. The van der Waals surface area contributed by atoms with Gasteiger partial charge in [0.2, 0.25) is 5.91 Å². The molecule has 1 aliphatic rings. The summed E-state index contributed by atoms with van der Waals surface area (Å²) in [4.78, 5) is 14.9. The number of anilines is 2. The molecule has 24 heavy (non-hydrogen) atoms. The Balaban J connectivity index is 1.76. The van der Waals surface area contributed by atoms with Gasteiger partial charge >= 0.3 is 0 Å². The third-order valence-corrected chi connectivity index (χ3v) is 4.80. The molecule has 1 N–H and O–H groups in total. The molecule has 3 nitrogen and oxygen atoms in total. The maximum Gasteiger partial charge on any atom is 0.243 e. The quantitative estimate of drug-likeness (QED) is 0.894. The van der Waals surface area contributed by atoms with Gasteiger partial charge < -0.3 is 10.2 Å². The molecule has 0 spiro atoms. The Morgan fingerprint density at radius 1 is 1.04 bits per heavy atom. The summed E-state index contributed by atoms with van der Waals surface area (Å²) in [5.41, 5.74) is 5.99. The van der Waals surface area contributed by atoms with E-state index in [1.807, 2.05) is 0 Å². The molecule has 0 bridgehead atoms. The lowest BCUT2D eigenvalue weighted by atomic mass is 10.0. The van der Waals surface area contributed by atoms with Gasteiger partial charge in [0.1, 0.15) is 0 Å². The van der Waals surface area contributed by atoms with Crippen LogP contribution in [0.15, 0.2) is 42.5 Å². The first-order valence-electron chi connectivity index (χ1n) is 8.96. The number of carbonyl (C=O) groups is 1. The number of amides is 1. The highest BCUT2D eigenvalue weighted by molar-refractivity contribution is 5.95. The molecular formula is C21H26N2O. The van der Waals surface area contributed by atoms with Crippen LogP contribution in [0.25, 0.3) is 0 Å². The van der Waals surface area contributed by atoms with Crippen molar-refractivity contribution in [3.63, 3.8) is 0 Å². The Hall–Kier alpha value is -2.29. The summed E-state index contributed by atoms with van der Waals surface area (Å²) < 4.78 is 0. The Labute approximate surface area is 144 Å². The van der Waals surface area contributed by atoms with Gasteiger partial charge in [-0.25, -0.2) is 0 Å². The van der Waals surface area contributed by atoms with Gasteiger partial charge in [-0.05, 0) is 48.4 Å². The van der Waals surface area contributed by atoms with E-state index in [0.29, 0.717) is 6.54 Å². The van der Waals surface area contributed by atoms with Crippen LogP contribution in [0.1, 0.15) is 37.0 Å². The average molecular weight is 322 g/mol. The normalized spacial score (nSPS) is 13.5. The lowest BCUT2D eigenvalue weighted by Crippen LogP contribution is -2.37. The van der Waals surface area contributed by atoms with Crippen molar-refractivity contribution in [2.75, 3.05) is 23.3 Å². The van der Waals surface area contributed by atoms with Crippen molar-refractivity contribution in [2.24, 2.45) is 0 Å². The molecule has 3 heteroatoms. The van der Waals surface area contributed by atoms with Crippen LogP contribution in [0.2, 0.25) is 0 Å². The number of hydrogen-bond donors (Lipinski definition) is 1. The summed E-state index contributed by atoms with van der Waals surface area (Å²) >= 11 is 0. The van der Waals surface area contributed by atoms with Gasteiger partial charge in [-0.2, -0.15) is 0 Å². The van der Waals surface area contributed by atoms with Crippen LogP contribution in [0.4, 0.5) is 11.4 Å². The molecular weight excluding hydrogens is 296 g/mol. The summed E-state index contributed by atoms with van der Waals surface area (Å²) in [7, 11) is 0. The number of hydrogen-bond acceptors (Lipinski definition) is 2. The lowest BCUT2D eigenvalue weighted by Gasteiger charge is -2.30. The SMILES string of the molecule is CCc1cccc(CC)c1NC(=O)CN1CCCc2ccccc21. The zero-order valence-corrected chi connectivity index (χ0v) is 14.6. The van der Waals surface area contributed by atoms with Crippen molar-refractivity contribution in [3.8, 4) is 0 Å². The first-order valence-corrected chi connectivity index (χ1v) is 8.96. The highest BCUT2D eigenvalue weighted by atomic mass is 16.2. The van der Waals surface area contributed by atoms with E-state index in [0.717, 1.165) is 37.9 Å². The lowest BCUT2D eigenvalue weighted by molar-refractivity contribution is -0.115. The number of para-hydroxylation sites is 2. The number of benzene rings is 2. The maximum absolute atomic E-state index is 12.7. The second-order valence-corrected chi connectivity index (χ2v) is 6.36. The molecule has 126 valence electrons. The van der Waals surface area contributed by atoms with Gasteiger partial charge in [0.25, 0.3) is 0 Å². The van der Waals surface area contributed by atoms with Crippen molar-refractivity contribution in [2.45, 2.75) is 39.5 Å². The van der Waals surface area contributed by atoms with Crippen LogP contribution in [0.3, 0.4) is 0 Å². The summed E-state index contributed by atoms with van der Waals surface area (Å²) in [6.45, 7) is 5.62. The van der Waals surface area contributed by atoms with E-state index in [1.54, 1.807) is 0 Å². The van der Waals surface area contributed by atoms with Gasteiger partial charge in [0.15, 0.2) is 0 Å². The number of aryl methyl sites for hydroxylation is 3. The van der Waals surface area contributed by atoms with Crippen molar-refractivity contribution >= 4 is 17.3 Å². The van der Waals surface area contributed by atoms with E-state index in [9.17, 15) is 4.79 Å². The van der Waals surface area contributed by atoms with Gasteiger partial charge in [0, 0.05) is 17.9 Å². The van der Waals surface area contributed by atoms with Gasteiger partial charge in [-0.15, -0.1) is 0 Å². The summed E-state index contributed by atoms with van der Waals surface area (Å²) in [6.07, 6.45) is 4.06. The molecule has 1 aliphatic heterocycles. The minimum absolute atomic E-state index is 0.0716. The van der Waals surface area contributed by atoms with Crippen molar-refractivity contribution in [3.05, 3.63) is 59.2 Å². The summed E-state index contributed by atoms with van der Waals surface area (Å²) in [5.74, 6) is 0.0716. The minimum atomic E-state index is 0.0716. The van der Waals surface area contributed by atoms with Crippen molar-refractivity contribution in [1.82, 2.24) is 0 Å². The molecule has 0 fully saturated rings. The van der Waals surface area contributed by atoms with E-state index in [1.165, 1.54) is 22.4 Å². The minimum Gasteiger partial charge on any atom is -0.362 e. The molecule has 0 saturated heterocycles. The van der Waals surface area contributed by atoms with E-state index < -0.39 is 0 Å². The van der Waals surface area contributed by atoms with Gasteiger partial charge in [0.05, 0.1) is 6.54 Å². The molecule has 2 aromatic rings. The first kappa shape index (κ1) is 16.6. The predicted molar refractivity (Wildman–Crippen MR) is 101 cm³/mol. The van der Waals surface area contributed by atoms with E-state index in [2.05, 4.69) is 66.5 Å². The number of rotatable bonds is 5.